The summed E-state index contributed by atoms with van der Waals surface area (Å²) in [5.74, 6) is 0.832. The number of anilines is 1. The number of nitrogens with zero attached hydrogens (tertiary/aromatic N) is 3. The molecule has 3 heterocycles. The number of fused-ring (bicyclic) bond motifs is 2. The molecule has 1 amide bonds. The van der Waals surface area contributed by atoms with Gasteiger partial charge in [0, 0.05) is 31.2 Å². The number of carbonyl (C=O) groups is 1. The summed E-state index contributed by atoms with van der Waals surface area (Å²) in [7, 11) is 1.76. The monoisotopic (exact) mass is 388 g/mol. The van der Waals surface area contributed by atoms with Crippen LogP contribution in [0.5, 0.6) is 11.5 Å². The average molecular weight is 388 g/mol. The number of rotatable bonds is 3. The minimum atomic E-state index is -0.372. The Morgan fingerprint density at radius 3 is 2.69 bits per heavy atom. The first-order chi connectivity index (χ1) is 14.1. The van der Waals surface area contributed by atoms with E-state index in [-0.39, 0.29) is 18.3 Å². The fourth-order valence-electron chi connectivity index (χ4n) is 3.32. The third-order valence-corrected chi connectivity index (χ3v) is 4.67. The molecular weight excluding hydrogens is 372 g/mol. The predicted molar refractivity (Wildman–Crippen MR) is 106 cm³/mol. The summed E-state index contributed by atoms with van der Waals surface area (Å²) in [6.45, 7) is 0.158. The number of hydrogen-bond donors (Lipinski definition) is 1. The van der Waals surface area contributed by atoms with E-state index in [1.807, 2.05) is 18.2 Å². The highest BCUT2D eigenvalue weighted by Crippen LogP contribution is 2.34. The van der Waals surface area contributed by atoms with Gasteiger partial charge in [-0.2, -0.15) is 9.78 Å². The van der Waals surface area contributed by atoms with Crippen LogP contribution in [0.3, 0.4) is 0 Å². The van der Waals surface area contributed by atoms with Crippen molar-refractivity contribution in [1.29, 1.82) is 0 Å². The van der Waals surface area contributed by atoms with Gasteiger partial charge in [-0.15, -0.1) is 0 Å². The van der Waals surface area contributed by atoms with Crippen molar-refractivity contribution in [2.45, 2.75) is 0 Å². The lowest BCUT2D eigenvalue weighted by Crippen LogP contribution is -2.17. The normalized spacial score (nSPS) is 12.3. The van der Waals surface area contributed by atoms with Crippen molar-refractivity contribution < 1.29 is 14.3 Å². The van der Waals surface area contributed by atoms with E-state index >= 15 is 0 Å². The second-order valence-electron chi connectivity index (χ2n) is 6.67. The Bertz CT molecular complexity index is 1260. The molecule has 3 aliphatic heterocycles. The summed E-state index contributed by atoms with van der Waals surface area (Å²) in [6.07, 6.45) is 3.31. The van der Waals surface area contributed by atoms with E-state index in [4.69, 9.17) is 9.47 Å². The molecular formula is C21H16N4O4. The number of aryl methyl sites for hydroxylation is 1. The average Bonchev–Trinajstić information content (AvgIpc) is 3.32. The highest BCUT2D eigenvalue weighted by Gasteiger charge is 2.24. The van der Waals surface area contributed by atoms with Gasteiger partial charge in [0.05, 0.1) is 16.8 Å². The van der Waals surface area contributed by atoms with Crippen molar-refractivity contribution in [3.05, 3.63) is 76.8 Å². The first-order valence-electron chi connectivity index (χ1n) is 8.95. The lowest BCUT2D eigenvalue weighted by Gasteiger charge is -2.10. The number of amides is 1. The molecule has 0 saturated heterocycles. The molecule has 0 saturated carbocycles. The zero-order valence-electron chi connectivity index (χ0n) is 15.5. The van der Waals surface area contributed by atoms with Crippen LogP contribution in [-0.4, -0.2) is 27.0 Å². The Labute approximate surface area is 165 Å². The van der Waals surface area contributed by atoms with E-state index in [0.29, 0.717) is 39.7 Å². The molecule has 29 heavy (non-hydrogen) atoms. The Morgan fingerprint density at radius 1 is 1.07 bits per heavy atom. The number of carbonyl (C=O) groups excluding carboxylic acids is 1. The number of benzene rings is 2. The summed E-state index contributed by atoms with van der Waals surface area (Å²) in [6, 6.07) is 14.3. The molecule has 3 aliphatic rings. The Kier molecular flexibility index (Phi) is 3.83. The molecule has 0 unspecified atom stereocenters. The summed E-state index contributed by atoms with van der Waals surface area (Å²) in [4.78, 5) is 25.9. The smallest absolute Gasteiger partial charge is 0.282 e. The van der Waals surface area contributed by atoms with E-state index in [1.54, 1.807) is 54.3 Å². The summed E-state index contributed by atoms with van der Waals surface area (Å²) < 4.78 is 13.6. The molecule has 0 aliphatic carbocycles. The molecule has 1 N–H and O–H groups in total. The van der Waals surface area contributed by atoms with Crippen LogP contribution in [0.4, 0.5) is 5.69 Å². The third kappa shape index (κ3) is 2.91. The molecule has 0 radical (unpaired) electrons. The van der Waals surface area contributed by atoms with Gasteiger partial charge in [-0.05, 0) is 24.3 Å². The fraction of sp³-hybridized carbons (Fsp3) is 0.0952. The lowest BCUT2D eigenvalue weighted by molar-refractivity contribution is 0.102. The summed E-state index contributed by atoms with van der Waals surface area (Å²) >= 11 is 0. The first-order valence-corrected chi connectivity index (χ1v) is 8.95. The highest BCUT2D eigenvalue weighted by atomic mass is 16.7. The van der Waals surface area contributed by atoms with Crippen LogP contribution in [0.25, 0.3) is 16.9 Å². The van der Waals surface area contributed by atoms with Crippen molar-refractivity contribution in [2.75, 3.05) is 12.1 Å². The number of hydrogen-bond acceptors (Lipinski definition) is 5. The van der Waals surface area contributed by atoms with Gasteiger partial charge in [-0.1, -0.05) is 18.2 Å². The number of para-hydroxylation sites is 1. The van der Waals surface area contributed by atoms with Gasteiger partial charge in [-0.25, -0.2) is 0 Å². The largest absolute Gasteiger partial charge is 0.454 e. The van der Waals surface area contributed by atoms with Crippen molar-refractivity contribution in [3.8, 4) is 28.4 Å². The van der Waals surface area contributed by atoms with Crippen LogP contribution in [-0.2, 0) is 7.05 Å². The minimum absolute atomic E-state index is 0.158. The molecule has 0 fully saturated rings. The Balaban J connectivity index is 1.56. The highest BCUT2D eigenvalue weighted by molar-refractivity contribution is 6.08. The SMILES string of the molecule is Cn1cc(C(=O)Nc2ccc3c(c2)OCO3)c2nn(-c3ccccc3)c(=O)c-2c1. The maximum Gasteiger partial charge on any atom is 0.282 e. The molecule has 0 spiro atoms. The summed E-state index contributed by atoms with van der Waals surface area (Å²) in [5.41, 5.74) is 1.93. The van der Waals surface area contributed by atoms with Crippen molar-refractivity contribution in [1.82, 2.24) is 14.3 Å². The maximum absolute atomic E-state index is 13.0. The van der Waals surface area contributed by atoms with E-state index < -0.39 is 0 Å². The molecule has 144 valence electrons. The van der Waals surface area contributed by atoms with Gasteiger partial charge < -0.3 is 19.4 Å². The van der Waals surface area contributed by atoms with Crippen LogP contribution >= 0.6 is 0 Å². The van der Waals surface area contributed by atoms with Gasteiger partial charge in [-0.3, -0.25) is 9.59 Å². The van der Waals surface area contributed by atoms with Gasteiger partial charge in [0.15, 0.2) is 11.5 Å². The molecule has 8 heteroatoms. The zero-order chi connectivity index (χ0) is 20.0. The molecule has 0 aromatic heterocycles. The molecule has 0 bridgehead atoms. The second kappa shape index (κ2) is 6.52. The fourth-order valence-corrected chi connectivity index (χ4v) is 3.32. The summed E-state index contributed by atoms with van der Waals surface area (Å²) in [5, 5.41) is 7.27. The number of ether oxygens (including phenoxy) is 2. The van der Waals surface area contributed by atoms with Crippen molar-refractivity contribution >= 4 is 11.6 Å². The molecule has 2 aromatic carbocycles. The van der Waals surface area contributed by atoms with Gasteiger partial charge in [0.1, 0.15) is 5.69 Å². The number of nitrogens with one attached hydrogen (secondary N) is 1. The van der Waals surface area contributed by atoms with Crippen LogP contribution in [0.15, 0.2) is 65.7 Å². The van der Waals surface area contributed by atoms with E-state index in [0.717, 1.165) is 0 Å². The lowest BCUT2D eigenvalue weighted by atomic mass is 10.1. The van der Waals surface area contributed by atoms with Crippen LogP contribution < -0.4 is 20.3 Å². The molecule has 5 rings (SSSR count). The Hall–Kier alpha value is -4.07. The molecule has 8 nitrogen and oxygen atoms in total. The van der Waals surface area contributed by atoms with Crippen LogP contribution in [0.1, 0.15) is 10.4 Å². The van der Waals surface area contributed by atoms with Crippen molar-refractivity contribution in [3.63, 3.8) is 0 Å². The number of aromatic nitrogens is 3. The molecule has 2 aromatic rings. The second-order valence-corrected chi connectivity index (χ2v) is 6.67. The van der Waals surface area contributed by atoms with Crippen molar-refractivity contribution in [2.24, 2.45) is 7.05 Å². The zero-order valence-corrected chi connectivity index (χ0v) is 15.5. The van der Waals surface area contributed by atoms with Crippen LogP contribution in [0.2, 0.25) is 0 Å². The quantitative estimate of drug-likeness (QED) is 0.583. The van der Waals surface area contributed by atoms with Gasteiger partial charge in [0.25, 0.3) is 11.5 Å². The first kappa shape index (κ1) is 17.1. The third-order valence-electron chi connectivity index (χ3n) is 4.67. The van der Waals surface area contributed by atoms with Gasteiger partial charge in [0.2, 0.25) is 6.79 Å². The van der Waals surface area contributed by atoms with E-state index in [2.05, 4.69) is 10.4 Å². The number of pyridine rings is 1. The van der Waals surface area contributed by atoms with E-state index in [1.165, 1.54) is 4.68 Å². The van der Waals surface area contributed by atoms with Gasteiger partial charge >= 0.3 is 0 Å². The standard InChI is InChI=1S/C21H16N4O4/c1-24-10-15(20(26)22-13-7-8-17-18(9-13)29-12-28-17)19-16(11-24)21(27)25(23-19)14-5-3-2-4-6-14/h2-11H,12H2,1H3,(H,22,26). The Morgan fingerprint density at radius 2 is 1.86 bits per heavy atom. The molecule has 0 atom stereocenters. The van der Waals surface area contributed by atoms with E-state index in [9.17, 15) is 9.59 Å². The minimum Gasteiger partial charge on any atom is -0.454 e. The maximum atomic E-state index is 13.0. The topological polar surface area (TPSA) is 87.4 Å². The van der Waals surface area contributed by atoms with Crippen LogP contribution in [0, 0.1) is 0 Å². The predicted octanol–water partition coefficient (Wildman–Crippen LogP) is 2.66.